The van der Waals surface area contributed by atoms with Gasteiger partial charge < -0.3 is 24.8 Å². The van der Waals surface area contributed by atoms with Crippen molar-refractivity contribution < 1.29 is 9.15 Å². The van der Waals surface area contributed by atoms with E-state index >= 15 is 0 Å². The van der Waals surface area contributed by atoms with E-state index in [1.807, 2.05) is 38.2 Å². The summed E-state index contributed by atoms with van der Waals surface area (Å²) in [6.07, 6.45) is 6.30. The molecular weight excluding hydrogens is 382 g/mol. The lowest BCUT2D eigenvalue weighted by atomic mass is 10.1. The van der Waals surface area contributed by atoms with Crippen LogP contribution >= 0.6 is 0 Å². The minimum Gasteiger partial charge on any atom is -0.474 e. The van der Waals surface area contributed by atoms with Gasteiger partial charge in [-0.2, -0.15) is 0 Å². The van der Waals surface area contributed by atoms with Gasteiger partial charge >= 0.3 is 6.01 Å². The SMILES string of the molecule is CC(C)Oc1cncc(-c2ccc3[nH]cc(-c4nnc(N[C@@H]5CCNC5)o4)c3c2)n1. The number of anilines is 1. The fraction of sp³-hybridized carbons (Fsp3) is 0.333. The number of fused-ring (bicyclic) bond motifs is 1. The number of rotatable bonds is 6. The Kier molecular flexibility index (Phi) is 4.80. The average Bonchev–Trinajstić information content (AvgIpc) is 3.48. The smallest absolute Gasteiger partial charge is 0.316 e. The minimum absolute atomic E-state index is 0.0358. The zero-order chi connectivity index (χ0) is 20.5. The monoisotopic (exact) mass is 405 g/mol. The summed E-state index contributed by atoms with van der Waals surface area (Å²) in [6.45, 7) is 5.82. The summed E-state index contributed by atoms with van der Waals surface area (Å²) in [6, 6.07) is 6.80. The first-order valence-electron chi connectivity index (χ1n) is 10.1. The van der Waals surface area contributed by atoms with Gasteiger partial charge in [0.2, 0.25) is 5.88 Å². The number of benzene rings is 1. The molecular formula is C21H23N7O2. The fourth-order valence-electron chi connectivity index (χ4n) is 3.59. The molecule has 5 rings (SSSR count). The topological polar surface area (TPSA) is 114 Å². The summed E-state index contributed by atoms with van der Waals surface area (Å²) in [5.41, 5.74) is 3.49. The zero-order valence-corrected chi connectivity index (χ0v) is 16.8. The van der Waals surface area contributed by atoms with Gasteiger partial charge in [0.25, 0.3) is 5.89 Å². The Balaban J connectivity index is 1.46. The molecule has 1 saturated heterocycles. The maximum atomic E-state index is 5.88. The highest BCUT2D eigenvalue weighted by molar-refractivity contribution is 5.96. The number of aromatic nitrogens is 5. The van der Waals surface area contributed by atoms with E-state index in [4.69, 9.17) is 9.15 Å². The summed E-state index contributed by atoms with van der Waals surface area (Å²) < 4.78 is 11.6. The number of ether oxygens (including phenoxy) is 1. The first-order valence-corrected chi connectivity index (χ1v) is 10.1. The van der Waals surface area contributed by atoms with Crippen LogP contribution in [0.25, 0.3) is 33.6 Å². The number of H-pyrrole nitrogens is 1. The molecule has 1 aliphatic rings. The summed E-state index contributed by atoms with van der Waals surface area (Å²) in [7, 11) is 0. The summed E-state index contributed by atoms with van der Waals surface area (Å²) in [4.78, 5) is 12.1. The van der Waals surface area contributed by atoms with E-state index in [0.717, 1.165) is 47.2 Å². The van der Waals surface area contributed by atoms with E-state index < -0.39 is 0 Å². The van der Waals surface area contributed by atoms with Crippen molar-refractivity contribution in [3.63, 3.8) is 0 Å². The number of hydrogen-bond donors (Lipinski definition) is 3. The first kappa shape index (κ1) is 18.6. The molecule has 1 fully saturated rings. The molecule has 9 nitrogen and oxygen atoms in total. The van der Waals surface area contributed by atoms with Gasteiger partial charge in [-0.15, -0.1) is 5.10 Å². The summed E-state index contributed by atoms with van der Waals surface area (Å²) in [5.74, 6) is 0.973. The summed E-state index contributed by atoms with van der Waals surface area (Å²) >= 11 is 0. The average molecular weight is 405 g/mol. The van der Waals surface area contributed by atoms with Gasteiger partial charge in [0, 0.05) is 35.2 Å². The molecule has 4 aromatic rings. The molecule has 0 bridgehead atoms. The molecule has 1 atom stereocenters. The second kappa shape index (κ2) is 7.75. The lowest BCUT2D eigenvalue weighted by molar-refractivity contribution is 0.232. The minimum atomic E-state index is 0.0358. The van der Waals surface area contributed by atoms with Crippen LogP contribution in [0, 0.1) is 0 Å². The van der Waals surface area contributed by atoms with Crippen LogP contribution in [-0.2, 0) is 0 Å². The second-order valence-electron chi connectivity index (χ2n) is 7.62. The maximum Gasteiger partial charge on any atom is 0.316 e. The van der Waals surface area contributed by atoms with Crippen LogP contribution in [-0.4, -0.2) is 50.4 Å². The van der Waals surface area contributed by atoms with Crippen molar-refractivity contribution in [3.8, 4) is 28.6 Å². The van der Waals surface area contributed by atoms with Crippen LogP contribution in [0.2, 0.25) is 0 Å². The van der Waals surface area contributed by atoms with E-state index in [1.54, 1.807) is 12.4 Å². The largest absolute Gasteiger partial charge is 0.474 e. The number of aromatic amines is 1. The van der Waals surface area contributed by atoms with E-state index in [2.05, 4.69) is 35.8 Å². The Morgan fingerprint density at radius 3 is 3.00 bits per heavy atom. The van der Waals surface area contributed by atoms with Gasteiger partial charge in [0.05, 0.1) is 29.8 Å². The molecule has 3 aromatic heterocycles. The van der Waals surface area contributed by atoms with Crippen LogP contribution < -0.4 is 15.4 Å². The third kappa shape index (κ3) is 3.71. The van der Waals surface area contributed by atoms with Crippen molar-refractivity contribution in [2.24, 2.45) is 0 Å². The van der Waals surface area contributed by atoms with E-state index in [-0.39, 0.29) is 6.10 Å². The van der Waals surface area contributed by atoms with Crippen molar-refractivity contribution in [2.75, 3.05) is 18.4 Å². The molecule has 0 radical (unpaired) electrons. The summed E-state index contributed by atoms with van der Waals surface area (Å²) in [5, 5.41) is 16.0. The van der Waals surface area contributed by atoms with Crippen molar-refractivity contribution in [3.05, 3.63) is 36.8 Å². The Morgan fingerprint density at radius 1 is 1.23 bits per heavy atom. The highest BCUT2D eigenvalue weighted by atomic mass is 16.5. The predicted molar refractivity (Wildman–Crippen MR) is 113 cm³/mol. The molecule has 0 spiro atoms. The zero-order valence-electron chi connectivity index (χ0n) is 16.8. The van der Waals surface area contributed by atoms with Crippen molar-refractivity contribution in [1.29, 1.82) is 0 Å². The molecule has 0 aliphatic carbocycles. The molecule has 30 heavy (non-hydrogen) atoms. The van der Waals surface area contributed by atoms with E-state index in [0.29, 0.717) is 23.8 Å². The Hall–Kier alpha value is -3.46. The highest BCUT2D eigenvalue weighted by Crippen LogP contribution is 2.32. The molecule has 1 aromatic carbocycles. The molecule has 154 valence electrons. The number of nitrogens with zero attached hydrogens (tertiary/aromatic N) is 4. The van der Waals surface area contributed by atoms with Crippen molar-refractivity contribution >= 4 is 16.9 Å². The Morgan fingerprint density at radius 2 is 2.17 bits per heavy atom. The van der Waals surface area contributed by atoms with Gasteiger partial charge in [-0.25, -0.2) is 4.98 Å². The quantitative estimate of drug-likeness (QED) is 0.448. The molecule has 9 heteroatoms. The third-order valence-electron chi connectivity index (χ3n) is 4.99. The van der Waals surface area contributed by atoms with Gasteiger partial charge in [0.15, 0.2) is 0 Å². The normalized spacial score (nSPS) is 16.4. The van der Waals surface area contributed by atoms with Gasteiger partial charge in [-0.1, -0.05) is 11.2 Å². The second-order valence-corrected chi connectivity index (χ2v) is 7.62. The lowest BCUT2D eigenvalue weighted by Crippen LogP contribution is -2.22. The molecule has 0 saturated carbocycles. The van der Waals surface area contributed by atoms with Crippen LogP contribution in [0.15, 0.2) is 41.2 Å². The molecule has 0 amide bonds. The van der Waals surface area contributed by atoms with Crippen molar-refractivity contribution in [1.82, 2.24) is 30.5 Å². The van der Waals surface area contributed by atoms with Gasteiger partial charge in [0.1, 0.15) is 0 Å². The van der Waals surface area contributed by atoms with Gasteiger partial charge in [-0.3, -0.25) is 4.98 Å². The number of hydrogen-bond acceptors (Lipinski definition) is 8. The fourth-order valence-corrected chi connectivity index (χ4v) is 3.59. The van der Waals surface area contributed by atoms with Crippen LogP contribution in [0.1, 0.15) is 20.3 Å². The van der Waals surface area contributed by atoms with Crippen molar-refractivity contribution in [2.45, 2.75) is 32.4 Å². The molecule has 3 N–H and O–H groups in total. The van der Waals surface area contributed by atoms with E-state index in [9.17, 15) is 0 Å². The van der Waals surface area contributed by atoms with Gasteiger partial charge in [-0.05, 0) is 38.9 Å². The number of nitrogens with one attached hydrogen (secondary N) is 3. The standard InChI is InChI=1S/C21H23N7O2/c1-12(2)29-19-11-23-10-18(26-19)13-3-4-17-15(7-13)16(9-24-17)20-27-28-21(30-20)25-14-5-6-22-8-14/h3-4,7,9-12,14,22,24H,5-6,8H2,1-2H3,(H,25,28)/t14-/m1/s1. The lowest BCUT2D eigenvalue weighted by Gasteiger charge is -2.09. The molecule has 1 aliphatic heterocycles. The van der Waals surface area contributed by atoms with E-state index in [1.165, 1.54) is 0 Å². The third-order valence-corrected chi connectivity index (χ3v) is 4.99. The molecule has 0 unspecified atom stereocenters. The van der Waals surface area contributed by atoms with Crippen LogP contribution in [0.5, 0.6) is 5.88 Å². The van der Waals surface area contributed by atoms with Crippen LogP contribution in [0.3, 0.4) is 0 Å². The Labute approximate surface area is 173 Å². The first-order chi connectivity index (χ1) is 14.7. The predicted octanol–water partition coefficient (Wildman–Crippen LogP) is 3.24. The Bertz CT molecular complexity index is 1160. The molecule has 4 heterocycles. The van der Waals surface area contributed by atoms with Crippen LogP contribution in [0.4, 0.5) is 6.01 Å². The highest BCUT2D eigenvalue weighted by Gasteiger charge is 2.19. The maximum absolute atomic E-state index is 5.88.